The van der Waals surface area contributed by atoms with Crippen molar-refractivity contribution in [3.8, 4) is 0 Å². The number of morpholine rings is 1. The maximum atomic E-state index is 11.9. The van der Waals surface area contributed by atoms with Gasteiger partial charge in [-0.1, -0.05) is 20.8 Å². The first-order valence-corrected chi connectivity index (χ1v) is 6.62. The third kappa shape index (κ3) is 4.04. The molecule has 2 rings (SSSR count). The zero-order chi connectivity index (χ0) is 13.9. The summed E-state index contributed by atoms with van der Waals surface area (Å²) in [6.45, 7) is 8.38. The lowest BCUT2D eigenvalue weighted by Crippen LogP contribution is -2.43. The van der Waals surface area contributed by atoms with E-state index in [1.807, 2.05) is 6.07 Å². The van der Waals surface area contributed by atoms with Crippen LogP contribution in [-0.2, 0) is 14.9 Å². The van der Waals surface area contributed by atoms with Gasteiger partial charge in [0.2, 0.25) is 5.91 Å². The number of H-pyrrole nitrogens is 1. The molecular weight excluding hydrogens is 244 g/mol. The number of carbonyl (C=O) groups is 1. The number of nitrogens with zero attached hydrogens (tertiary/aromatic N) is 1. The maximum absolute atomic E-state index is 11.9. The topological polar surface area (TPSA) is 79.0 Å². The normalized spacial score (nSPS) is 20.3. The standard InChI is InChI=1S/C13H22N4O2/c1-13(2,3)10-7-11(17-16-10)15-12(18)6-9-8-19-5-4-14-9/h7,9,14H,4-6,8H2,1-3H3,(H2,15,16,17,18). The van der Waals surface area contributed by atoms with E-state index in [4.69, 9.17) is 4.74 Å². The molecule has 1 unspecified atom stereocenters. The van der Waals surface area contributed by atoms with E-state index in [-0.39, 0.29) is 17.4 Å². The van der Waals surface area contributed by atoms with Crippen LogP contribution < -0.4 is 10.6 Å². The predicted molar refractivity (Wildman–Crippen MR) is 73.1 cm³/mol. The van der Waals surface area contributed by atoms with E-state index in [0.29, 0.717) is 25.5 Å². The summed E-state index contributed by atoms with van der Waals surface area (Å²) in [4.78, 5) is 11.9. The summed E-state index contributed by atoms with van der Waals surface area (Å²) in [6, 6.07) is 1.97. The van der Waals surface area contributed by atoms with Crippen LogP contribution in [0.15, 0.2) is 6.07 Å². The molecule has 0 saturated carbocycles. The Morgan fingerprint density at radius 1 is 1.58 bits per heavy atom. The highest BCUT2D eigenvalue weighted by Crippen LogP contribution is 2.21. The number of anilines is 1. The van der Waals surface area contributed by atoms with Crippen molar-refractivity contribution in [3.05, 3.63) is 11.8 Å². The Morgan fingerprint density at radius 2 is 2.37 bits per heavy atom. The molecule has 1 aromatic rings. The first kappa shape index (κ1) is 14.0. The van der Waals surface area contributed by atoms with Crippen molar-refractivity contribution in [1.29, 1.82) is 0 Å². The van der Waals surface area contributed by atoms with E-state index in [1.165, 1.54) is 0 Å². The average Bonchev–Trinajstić information content (AvgIpc) is 2.78. The van der Waals surface area contributed by atoms with Gasteiger partial charge < -0.3 is 15.4 Å². The van der Waals surface area contributed by atoms with Gasteiger partial charge in [-0.15, -0.1) is 0 Å². The van der Waals surface area contributed by atoms with Gasteiger partial charge in [-0.3, -0.25) is 9.89 Å². The lowest BCUT2D eigenvalue weighted by molar-refractivity contribution is -0.117. The molecule has 0 aliphatic carbocycles. The van der Waals surface area contributed by atoms with Crippen molar-refractivity contribution in [2.45, 2.75) is 38.6 Å². The van der Waals surface area contributed by atoms with E-state index in [2.05, 4.69) is 41.6 Å². The third-order valence-corrected chi connectivity index (χ3v) is 3.08. The number of aromatic nitrogens is 2. The van der Waals surface area contributed by atoms with Gasteiger partial charge in [0, 0.05) is 36.2 Å². The molecule has 1 amide bonds. The van der Waals surface area contributed by atoms with Gasteiger partial charge in [0.25, 0.3) is 0 Å². The SMILES string of the molecule is CC(C)(C)c1cc(NC(=O)CC2COCCN2)n[nH]1. The number of rotatable bonds is 3. The zero-order valence-corrected chi connectivity index (χ0v) is 11.7. The summed E-state index contributed by atoms with van der Waals surface area (Å²) in [5.74, 6) is 0.529. The molecule has 2 heterocycles. The second kappa shape index (κ2) is 5.71. The summed E-state index contributed by atoms with van der Waals surface area (Å²) in [7, 11) is 0. The van der Waals surface area contributed by atoms with Crippen molar-refractivity contribution in [3.63, 3.8) is 0 Å². The Labute approximate surface area is 113 Å². The molecule has 106 valence electrons. The summed E-state index contributed by atoms with van der Waals surface area (Å²) in [5, 5.41) is 13.1. The van der Waals surface area contributed by atoms with Crippen LogP contribution in [0.2, 0.25) is 0 Å². The predicted octanol–water partition coefficient (Wildman–Crippen LogP) is 1.02. The van der Waals surface area contributed by atoms with Crippen molar-refractivity contribution in [2.75, 3.05) is 25.1 Å². The minimum Gasteiger partial charge on any atom is -0.378 e. The number of nitrogens with one attached hydrogen (secondary N) is 3. The van der Waals surface area contributed by atoms with Crippen LogP contribution in [0.1, 0.15) is 32.9 Å². The third-order valence-electron chi connectivity index (χ3n) is 3.08. The number of amides is 1. The Bertz CT molecular complexity index is 430. The van der Waals surface area contributed by atoms with Crippen LogP contribution in [0.25, 0.3) is 0 Å². The molecule has 3 N–H and O–H groups in total. The molecule has 1 atom stereocenters. The van der Waals surface area contributed by atoms with Crippen LogP contribution >= 0.6 is 0 Å². The van der Waals surface area contributed by atoms with Gasteiger partial charge >= 0.3 is 0 Å². The van der Waals surface area contributed by atoms with Gasteiger partial charge in [-0.2, -0.15) is 5.10 Å². The minimum absolute atomic E-state index is 0.00522. The van der Waals surface area contributed by atoms with Crippen molar-refractivity contribution in [1.82, 2.24) is 15.5 Å². The summed E-state index contributed by atoms with van der Waals surface area (Å²) in [5.41, 5.74) is 0.997. The Morgan fingerprint density at radius 3 is 2.95 bits per heavy atom. The first-order valence-electron chi connectivity index (χ1n) is 6.62. The molecule has 1 saturated heterocycles. The number of ether oxygens (including phenoxy) is 1. The summed E-state index contributed by atoms with van der Waals surface area (Å²) in [6.07, 6.45) is 0.401. The van der Waals surface area contributed by atoms with E-state index < -0.39 is 0 Å². The highest BCUT2D eigenvalue weighted by atomic mass is 16.5. The van der Waals surface area contributed by atoms with Gasteiger partial charge in [0.15, 0.2) is 5.82 Å². The van der Waals surface area contributed by atoms with Gasteiger partial charge in [-0.25, -0.2) is 0 Å². The highest BCUT2D eigenvalue weighted by molar-refractivity contribution is 5.90. The Balaban J connectivity index is 1.86. The van der Waals surface area contributed by atoms with E-state index >= 15 is 0 Å². The van der Waals surface area contributed by atoms with Gasteiger partial charge in [0.05, 0.1) is 13.2 Å². The van der Waals surface area contributed by atoms with Crippen molar-refractivity contribution >= 4 is 11.7 Å². The van der Waals surface area contributed by atoms with Crippen molar-refractivity contribution < 1.29 is 9.53 Å². The van der Waals surface area contributed by atoms with E-state index in [9.17, 15) is 4.79 Å². The fourth-order valence-electron chi connectivity index (χ4n) is 1.94. The van der Waals surface area contributed by atoms with E-state index in [0.717, 1.165) is 12.2 Å². The van der Waals surface area contributed by atoms with Crippen LogP contribution in [-0.4, -0.2) is 41.9 Å². The smallest absolute Gasteiger partial charge is 0.227 e. The molecular formula is C13H22N4O2. The molecule has 0 radical (unpaired) electrons. The van der Waals surface area contributed by atoms with Crippen LogP contribution in [0.4, 0.5) is 5.82 Å². The Kier molecular flexibility index (Phi) is 4.21. The lowest BCUT2D eigenvalue weighted by Gasteiger charge is -2.22. The molecule has 0 bridgehead atoms. The minimum atomic E-state index is -0.0463. The quantitative estimate of drug-likeness (QED) is 0.763. The van der Waals surface area contributed by atoms with Crippen LogP contribution in [0.3, 0.4) is 0 Å². The fourth-order valence-corrected chi connectivity index (χ4v) is 1.94. The molecule has 1 aromatic heterocycles. The summed E-state index contributed by atoms with van der Waals surface area (Å²) < 4.78 is 5.32. The summed E-state index contributed by atoms with van der Waals surface area (Å²) >= 11 is 0. The van der Waals surface area contributed by atoms with Crippen molar-refractivity contribution in [2.24, 2.45) is 0 Å². The molecule has 1 aliphatic heterocycles. The zero-order valence-electron chi connectivity index (χ0n) is 11.7. The molecule has 6 heteroatoms. The molecule has 0 aromatic carbocycles. The molecule has 0 spiro atoms. The lowest BCUT2D eigenvalue weighted by atomic mass is 9.92. The second-order valence-electron chi connectivity index (χ2n) is 5.90. The largest absolute Gasteiger partial charge is 0.378 e. The van der Waals surface area contributed by atoms with E-state index in [1.54, 1.807) is 0 Å². The number of hydrogen-bond acceptors (Lipinski definition) is 4. The second-order valence-corrected chi connectivity index (χ2v) is 5.90. The molecule has 1 aliphatic rings. The van der Waals surface area contributed by atoms with Gasteiger partial charge in [0.1, 0.15) is 0 Å². The molecule has 6 nitrogen and oxygen atoms in total. The van der Waals surface area contributed by atoms with Crippen LogP contribution in [0, 0.1) is 0 Å². The Hall–Kier alpha value is -1.40. The number of carbonyl (C=O) groups excluding carboxylic acids is 1. The van der Waals surface area contributed by atoms with Crippen LogP contribution in [0.5, 0.6) is 0 Å². The molecule has 1 fully saturated rings. The average molecular weight is 266 g/mol. The first-order chi connectivity index (χ1) is 8.95. The fraction of sp³-hybridized carbons (Fsp3) is 0.692. The van der Waals surface area contributed by atoms with Gasteiger partial charge in [-0.05, 0) is 0 Å². The maximum Gasteiger partial charge on any atom is 0.227 e. The molecule has 19 heavy (non-hydrogen) atoms. The number of aromatic amines is 1. The monoisotopic (exact) mass is 266 g/mol. The highest BCUT2D eigenvalue weighted by Gasteiger charge is 2.19. The number of hydrogen-bond donors (Lipinski definition) is 3.